The SMILES string of the molecule is O=[N+]([O-])N1C=CN(Cl)C1. The number of hydrogen-bond donors (Lipinski definition) is 0. The van der Waals surface area contributed by atoms with Gasteiger partial charge >= 0.3 is 0 Å². The fourth-order valence-corrected chi connectivity index (χ4v) is 0.648. The Labute approximate surface area is 56.3 Å². The molecule has 5 nitrogen and oxygen atoms in total. The minimum Gasteiger partial charge on any atom is -0.265 e. The van der Waals surface area contributed by atoms with Gasteiger partial charge in [0.2, 0.25) is 0 Å². The van der Waals surface area contributed by atoms with Crippen molar-refractivity contribution in [2.45, 2.75) is 0 Å². The molecule has 0 bridgehead atoms. The Morgan fingerprint density at radius 2 is 2.33 bits per heavy atom. The Morgan fingerprint density at radius 3 is 2.56 bits per heavy atom. The Bertz CT molecular complexity index is 159. The van der Waals surface area contributed by atoms with Gasteiger partial charge < -0.3 is 0 Å². The van der Waals surface area contributed by atoms with Gasteiger partial charge in [-0.2, -0.15) is 0 Å². The van der Waals surface area contributed by atoms with E-state index in [1.807, 2.05) is 0 Å². The highest BCUT2D eigenvalue weighted by atomic mass is 35.5. The molecule has 0 saturated heterocycles. The average Bonchev–Trinajstić information content (AvgIpc) is 2.14. The summed E-state index contributed by atoms with van der Waals surface area (Å²) in [5.41, 5.74) is 0. The normalized spacial score (nSPS) is 17.0. The summed E-state index contributed by atoms with van der Waals surface area (Å²) in [5.74, 6) is 0. The highest BCUT2D eigenvalue weighted by Gasteiger charge is 2.18. The van der Waals surface area contributed by atoms with Gasteiger partial charge in [0.05, 0.1) is 6.20 Å². The van der Waals surface area contributed by atoms with E-state index in [0.29, 0.717) is 0 Å². The van der Waals surface area contributed by atoms with Gasteiger partial charge in [-0.05, 0) is 0 Å². The van der Waals surface area contributed by atoms with Gasteiger partial charge in [0.15, 0.2) is 11.7 Å². The monoisotopic (exact) mass is 149 g/mol. The molecule has 0 atom stereocenters. The van der Waals surface area contributed by atoms with Crippen molar-refractivity contribution >= 4 is 11.8 Å². The summed E-state index contributed by atoms with van der Waals surface area (Å²) in [5, 5.41) is 10.3. The van der Waals surface area contributed by atoms with Crippen molar-refractivity contribution in [3.63, 3.8) is 0 Å². The summed E-state index contributed by atoms with van der Waals surface area (Å²) in [7, 11) is 0. The average molecular weight is 150 g/mol. The molecule has 50 valence electrons. The molecular formula is C3H4ClN3O2. The molecule has 1 heterocycles. The molecule has 6 heteroatoms. The van der Waals surface area contributed by atoms with Crippen molar-refractivity contribution in [3.05, 3.63) is 22.5 Å². The molecule has 0 saturated carbocycles. The van der Waals surface area contributed by atoms with Gasteiger partial charge in [-0.3, -0.25) is 4.42 Å². The lowest BCUT2D eigenvalue weighted by Gasteiger charge is -2.04. The minimum atomic E-state index is -0.529. The lowest BCUT2D eigenvalue weighted by atomic mass is 10.9. The van der Waals surface area contributed by atoms with E-state index in [0.717, 1.165) is 5.01 Å². The van der Waals surface area contributed by atoms with Crippen LogP contribution < -0.4 is 0 Å². The Hall–Kier alpha value is -0.970. The molecule has 0 N–H and O–H groups in total. The van der Waals surface area contributed by atoms with Crippen LogP contribution >= 0.6 is 11.8 Å². The molecule has 0 aromatic rings. The molecule has 0 aliphatic carbocycles. The largest absolute Gasteiger partial charge is 0.265 e. The summed E-state index contributed by atoms with van der Waals surface area (Å²) >= 11 is 5.35. The lowest BCUT2D eigenvalue weighted by Crippen LogP contribution is -2.25. The van der Waals surface area contributed by atoms with Gasteiger partial charge in [-0.1, -0.05) is 5.01 Å². The highest BCUT2D eigenvalue weighted by Crippen LogP contribution is 2.07. The van der Waals surface area contributed by atoms with Crippen LogP contribution in [0.3, 0.4) is 0 Å². The van der Waals surface area contributed by atoms with Crippen LogP contribution in [-0.2, 0) is 0 Å². The molecule has 1 aliphatic rings. The third kappa shape index (κ3) is 1.23. The maximum absolute atomic E-state index is 9.94. The standard InChI is InChI=1S/C3H4ClN3O2/c4-5-1-2-6(3-5)7(8)9/h1-2H,3H2. The topological polar surface area (TPSA) is 49.6 Å². The van der Waals surface area contributed by atoms with Crippen molar-refractivity contribution in [1.82, 2.24) is 9.43 Å². The van der Waals surface area contributed by atoms with Gasteiger partial charge in [-0.15, -0.1) is 0 Å². The third-order valence-electron chi connectivity index (χ3n) is 0.890. The van der Waals surface area contributed by atoms with Crippen molar-refractivity contribution in [2.75, 3.05) is 6.67 Å². The molecule has 0 amide bonds. The van der Waals surface area contributed by atoms with Crippen LogP contribution in [0, 0.1) is 10.1 Å². The first-order valence-electron chi connectivity index (χ1n) is 2.22. The summed E-state index contributed by atoms with van der Waals surface area (Å²) in [6.07, 6.45) is 2.72. The zero-order valence-corrected chi connectivity index (χ0v) is 5.15. The fourth-order valence-electron chi connectivity index (χ4n) is 0.488. The summed E-state index contributed by atoms with van der Waals surface area (Å²) < 4.78 is 1.20. The Kier molecular flexibility index (Phi) is 1.44. The molecular weight excluding hydrogens is 146 g/mol. The van der Waals surface area contributed by atoms with E-state index in [1.165, 1.54) is 16.8 Å². The number of halogens is 1. The van der Waals surface area contributed by atoms with E-state index in [1.54, 1.807) is 0 Å². The van der Waals surface area contributed by atoms with Crippen LogP contribution in [0.15, 0.2) is 12.4 Å². The predicted molar refractivity (Wildman–Crippen MR) is 30.5 cm³/mol. The van der Waals surface area contributed by atoms with Crippen molar-refractivity contribution < 1.29 is 5.03 Å². The second-order valence-corrected chi connectivity index (χ2v) is 1.95. The van der Waals surface area contributed by atoms with Gasteiger partial charge in [0.25, 0.3) is 0 Å². The van der Waals surface area contributed by atoms with Crippen molar-refractivity contribution in [3.8, 4) is 0 Å². The molecule has 9 heavy (non-hydrogen) atoms. The van der Waals surface area contributed by atoms with Gasteiger partial charge in [0.1, 0.15) is 0 Å². The predicted octanol–water partition coefficient (Wildman–Crippen LogP) is 0.378. The third-order valence-corrected chi connectivity index (χ3v) is 1.11. The molecule has 0 aromatic heterocycles. The van der Waals surface area contributed by atoms with E-state index in [-0.39, 0.29) is 6.67 Å². The van der Waals surface area contributed by atoms with Crippen LogP contribution in [-0.4, -0.2) is 21.1 Å². The molecule has 1 rings (SSSR count). The number of nitro groups is 1. The smallest absolute Gasteiger partial charge is 0.169 e. The maximum Gasteiger partial charge on any atom is 0.169 e. The van der Waals surface area contributed by atoms with Gasteiger partial charge in [0, 0.05) is 18.0 Å². The highest BCUT2D eigenvalue weighted by molar-refractivity contribution is 6.14. The first-order chi connectivity index (χ1) is 4.20. The first-order valence-corrected chi connectivity index (χ1v) is 2.55. The number of hydrazine groups is 1. The molecule has 0 spiro atoms. The fraction of sp³-hybridized carbons (Fsp3) is 0.333. The zero-order chi connectivity index (χ0) is 6.85. The Balaban J connectivity index is 2.50. The second-order valence-electron chi connectivity index (χ2n) is 1.52. The van der Waals surface area contributed by atoms with Crippen LogP contribution in [0.25, 0.3) is 0 Å². The van der Waals surface area contributed by atoms with Gasteiger partial charge in [-0.25, -0.2) is 10.1 Å². The minimum absolute atomic E-state index is 0.106. The number of nitrogens with zero attached hydrogens (tertiary/aromatic N) is 3. The van der Waals surface area contributed by atoms with Crippen LogP contribution in [0.4, 0.5) is 0 Å². The summed E-state index contributed by atoms with van der Waals surface area (Å²) in [6, 6.07) is 0. The van der Waals surface area contributed by atoms with Crippen molar-refractivity contribution in [2.24, 2.45) is 0 Å². The van der Waals surface area contributed by atoms with E-state index in [4.69, 9.17) is 11.8 Å². The molecule has 0 radical (unpaired) electrons. The van der Waals surface area contributed by atoms with Crippen LogP contribution in [0.5, 0.6) is 0 Å². The van der Waals surface area contributed by atoms with E-state index in [2.05, 4.69) is 0 Å². The van der Waals surface area contributed by atoms with Crippen molar-refractivity contribution in [1.29, 1.82) is 0 Å². The summed E-state index contributed by atoms with van der Waals surface area (Å²) in [4.78, 5) is 9.94. The van der Waals surface area contributed by atoms with Crippen LogP contribution in [0.1, 0.15) is 0 Å². The quantitative estimate of drug-likeness (QED) is 0.307. The first kappa shape index (κ1) is 6.15. The van der Waals surface area contributed by atoms with Crippen LogP contribution in [0.2, 0.25) is 0 Å². The lowest BCUT2D eigenvalue weighted by molar-refractivity contribution is -0.639. The Morgan fingerprint density at radius 1 is 1.67 bits per heavy atom. The number of hydrogen-bond acceptors (Lipinski definition) is 3. The molecule has 0 aromatic carbocycles. The van der Waals surface area contributed by atoms with E-state index >= 15 is 0 Å². The zero-order valence-electron chi connectivity index (χ0n) is 4.40. The maximum atomic E-state index is 9.94. The summed E-state index contributed by atoms with van der Waals surface area (Å²) in [6.45, 7) is 0.106. The molecule has 0 unspecified atom stereocenters. The second kappa shape index (κ2) is 2.10. The van der Waals surface area contributed by atoms with E-state index < -0.39 is 5.03 Å². The molecule has 1 aliphatic heterocycles. The van der Waals surface area contributed by atoms with E-state index in [9.17, 15) is 10.1 Å². The molecule has 0 fully saturated rings. The number of rotatable bonds is 1.